The first-order chi connectivity index (χ1) is 8.72. The van der Waals surface area contributed by atoms with Crippen LogP contribution in [-0.2, 0) is 6.42 Å². The molecule has 2 nitrogen and oxygen atoms in total. The van der Waals surface area contributed by atoms with Crippen molar-refractivity contribution in [3.8, 4) is 0 Å². The lowest BCUT2D eigenvalue weighted by Gasteiger charge is -2.17. The van der Waals surface area contributed by atoms with Crippen molar-refractivity contribution in [2.75, 3.05) is 6.54 Å². The number of rotatable bonds is 6. The van der Waals surface area contributed by atoms with Gasteiger partial charge in [0.2, 0.25) is 0 Å². The Morgan fingerprint density at radius 2 is 2.33 bits per heavy atom. The molecule has 2 aromatic rings. The van der Waals surface area contributed by atoms with Gasteiger partial charge < -0.3 is 9.73 Å². The van der Waals surface area contributed by atoms with Crippen LogP contribution in [0.3, 0.4) is 0 Å². The second-order valence-electron chi connectivity index (χ2n) is 4.05. The van der Waals surface area contributed by atoms with Gasteiger partial charge in [-0.25, -0.2) is 0 Å². The third kappa shape index (κ3) is 3.38. The summed E-state index contributed by atoms with van der Waals surface area (Å²) >= 11 is 11.4. The minimum Gasteiger partial charge on any atom is -0.453 e. The Morgan fingerprint density at radius 3 is 2.89 bits per heavy atom. The molecule has 0 bridgehead atoms. The van der Waals surface area contributed by atoms with E-state index in [1.54, 1.807) is 17.6 Å². The van der Waals surface area contributed by atoms with Crippen molar-refractivity contribution >= 4 is 38.9 Å². The van der Waals surface area contributed by atoms with Crippen LogP contribution in [0.2, 0.25) is 5.22 Å². The highest BCUT2D eigenvalue weighted by Crippen LogP contribution is 2.31. The third-order valence-corrected chi connectivity index (χ3v) is 5.00. The Labute approximate surface area is 124 Å². The van der Waals surface area contributed by atoms with Crippen molar-refractivity contribution in [3.63, 3.8) is 0 Å². The summed E-state index contributed by atoms with van der Waals surface area (Å²) in [5.41, 5.74) is 1.03. The maximum absolute atomic E-state index is 6.08. The molecule has 0 amide bonds. The first-order valence-electron chi connectivity index (χ1n) is 5.90. The molecule has 1 N–H and O–H groups in total. The lowest BCUT2D eigenvalue weighted by atomic mass is 10.1. The molecular weight excluding hydrogens is 334 g/mol. The number of halogens is 2. The molecule has 2 rings (SSSR count). The van der Waals surface area contributed by atoms with Gasteiger partial charge in [0.05, 0.1) is 6.26 Å². The van der Waals surface area contributed by atoms with Gasteiger partial charge in [-0.15, -0.1) is 11.3 Å². The van der Waals surface area contributed by atoms with Gasteiger partial charge in [0, 0.05) is 27.4 Å². The number of nitrogens with one attached hydrogen (secondary N) is 1. The summed E-state index contributed by atoms with van der Waals surface area (Å²) in [6.45, 7) is 3.12. The van der Waals surface area contributed by atoms with Crippen LogP contribution in [0.1, 0.15) is 29.8 Å². The van der Waals surface area contributed by atoms with Gasteiger partial charge in [0.15, 0.2) is 5.22 Å². The molecule has 2 aromatic heterocycles. The molecular formula is C13H15BrClNOS. The van der Waals surface area contributed by atoms with Gasteiger partial charge in [-0.05, 0) is 58.0 Å². The van der Waals surface area contributed by atoms with E-state index in [-0.39, 0.29) is 6.04 Å². The van der Waals surface area contributed by atoms with Crippen LogP contribution in [0.5, 0.6) is 0 Å². The topological polar surface area (TPSA) is 25.2 Å². The Kier molecular flexibility index (Phi) is 5.30. The van der Waals surface area contributed by atoms with E-state index in [9.17, 15) is 0 Å². The lowest BCUT2D eigenvalue weighted by Crippen LogP contribution is -2.23. The second kappa shape index (κ2) is 6.75. The molecule has 98 valence electrons. The molecule has 1 unspecified atom stereocenters. The molecule has 0 radical (unpaired) electrons. The Morgan fingerprint density at radius 1 is 1.50 bits per heavy atom. The normalized spacial score (nSPS) is 12.8. The zero-order valence-electron chi connectivity index (χ0n) is 10.1. The minimum atomic E-state index is 0.200. The molecule has 0 saturated heterocycles. The van der Waals surface area contributed by atoms with Crippen molar-refractivity contribution in [2.45, 2.75) is 25.8 Å². The highest BCUT2D eigenvalue weighted by Gasteiger charge is 2.18. The molecule has 0 aliphatic carbocycles. The van der Waals surface area contributed by atoms with Gasteiger partial charge in [-0.1, -0.05) is 6.92 Å². The van der Waals surface area contributed by atoms with E-state index >= 15 is 0 Å². The average Bonchev–Trinajstić information content (AvgIpc) is 2.94. The average molecular weight is 349 g/mol. The van der Waals surface area contributed by atoms with E-state index in [2.05, 4.69) is 39.6 Å². The monoisotopic (exact) mass is 347 g/mol. The SMILES string of the molecule is CCCNC(Cc1sccc1Br)c1ccoc1Cl. The predicted octanol–water partition coefficient (Wildman–Crippen LogP) is 5.04. The summed E-state index contributed by atoms with van der Waals surface area (Å²) in [5, 5.41) is 6.09. The van der Waals surface area contributed by atoms with Crippen LogP contribution in [0.25, 0.3) is 0 Å². The molecule has 0 aromatic carbocycles. The quantitative estimate of drug-likeness (QED) is 0.791. The fourth-order valence-electron chi connectivity index (χ4n) is 1.82. The van der Waals surface area contributed by atoms with E-state index in [1.807, 2.05) is 6.07 Å². The maximum Gasteiger partial charge on any atom is 0.197 e. The largest absolute Gasteiger partial charge is 0.453 e. The Bertz CT molecular complexity index is 497. The van der Waals surface area contributed by atoms with Gasteiger partial charge in [0.1, 0.15) is 0 Å². The summed E-state index contributed by atoms with van der Waals surface area (Å²) in [4.78, 5) is 1.32. The van der Waals surface area contributed by atoms with Crippen LogP contribution in [-0.4, -0.2) is 6.54 Å². The van der Waals surface area contributed by atoms with Crippen molar-refractivity contribution in [1.82, 2.24) is 5.32 Å². The van der Waals surface area contributed by atoms with Crippen molar-refractivity contribution in [1.29, 1.82) is 0 Å². The van der Waals surface area contributed by atoms with Crippen LogP contribution < -0.4 is 5.32 Å². The van der Waals surface area contributed by atoms with Crippen molar-refractivity contribution in [2.24, 2.45) is 0 Å². The van der Waals surface area contributed by atoms with Crippen molar-refractivity contribution < 1.29 is 4.42 Å². The van der Waals surface area contributed by atoms with E-state index < -0.39 is 0 Å². The van der Waals surface area contributed by atoms with E-state index in [1.165, 1.54) is 4.88 Å². The second-order valence-corrected chi connectivity index (χ2v) is 6.25. The molecule has 0 fully saturated rings. The van der Waals surface area contributed by atoms with Crippen LogP contribution in [0.15, 0.2) is 32.7 Å². The number of furan rings is 1. The zero-order chi connectivity index (χ0) is 13.0. The predicted molar refractivity (Wildman–Crippen MR) is 80.5 cm³/mol. The summed E-state index contributed by atoms with van der Waals surface area (Å²) in [6, 6.07) is 4.22. The maximum atomic E-state index is 6.08. The smallest absolute Gasteiger partial charge is 0.197 e. The standard InChI is InChI=1S/C13H15BrClNOS/c1-2-5-16-11(9-3-6-17-13(9)15)8-12-10(14)4-7-18-12/h3-4,6-7,11,16H,2,5,8H2,1H3. The molecule has 0 aliphatic heterocycles. The van der Waals surface area contributed by atoms with Crippen molar-refractivity contribution in [3.05, 3.63) is 43.9 Å². The highest BCUT2D eigenvalue weighted by molar-refractivity contribution is 9.10. The molecule has 5 heteroatoms. The fourth-order valence-corrected chi connectivity index (χ4v) is 3.63. The first kappa shape index (κ1) is 14.1. The third-order valence-electron chi connectivity index (χ3n) is 2.74. The Balaban J connectivity index is 2.15. The van der Waals surface area contributed by atoms with Crippen LogP contribution >= 0.6 is 38.9 Å². The van der Waals surface area contributed by atoms with E-state index in [0.29, 0.717) is 5.22 Å². The van der Waals surface area contributed by atoms with E-state index in [0.717, 1.165) is 29.4 Å². The first-order valence-corrected chi connectivity index (χ1v) is 7.95. The molecule has 1 atom stereocenters. The van der Waals surface area contributed by atoms with Crippen LogP contribution in [0, 0.1) is 0 Å². The number of thiophene rings is 1. The molecule has 18 heavy (non-hydrogen) atoms. The Hall–Kier alpha value is -0.290. The van der Waals surface area contributed by atoms with Gasteiger partial charge in [-0.3, -0.25) is 0 Å². The molecule has 0 saturated carbocycles. The molecule has 2 heterocycles. The minimum absolute atomic E-state index is 0.200. The fraction of sp³-hybridized carbons (Fsp3) is 0.385. The number of hydrogen-bond acceptors (Lipinski definition) is 3. The number of hydrogen-bond donors (Lipinski definition) is 1. The lowest BCUT2D eigenvalue weighted by molar-refractivity contribution is 0.515. The summed E-state index contributed by atoms with van der Waals surface area (Å²) in [7, 11) is 0. The van der Waals surface area contributed by atoms with Gasteiger partial charge >= 0.3 is 0 Å². The highest BCUT2D eigenvalue weighted by atomic mass is 79.9. The van der Waals surface area contributed by atoms with Crippen LogP contribution in [0.4, 0.5) is 0 Å². The summed E-state index contributed by atoms with van der Waals surface area (Å²) in [6.07, 6.45) is 3.65. The zero-order valence-corrected chi connectivity index (χ0v) is 13.2. The molecule has 0 spiro atoms. The summed E-state index contributed by atoms with van der Waals surface area (Å²) < 4.78 is 6.35. The summed E-state index contributed by atoms with van der Waals surface area (Å²) in [5.74, 6) is 0. The van der Waals surface area contributed by atoms with Gasteiger partial charge in [0.25, 0.3) is 0 Å². The molecule has 0 aliphatic rings. The van der Waals surface area contributed by atoms with E-state index in [4.69, 9.17) is 16.0 Å². The van der Waals surface area contributed by atoms with Gasteiger partial charge in [-0.2, -0.15) is 0 Å².